The Kier molecular flexibility index (Phi) is 11.3. The van der Waals surface area contributed by atoms with Gasteiger partial charge in [-0.1, -0.05) is 38.1 Å². The molecular weight excluding hydrogens is 375 g/mol. The van der Waals surface area contributed by atoms with Crippen LogP contribution in [0.4, 0.5) is 0 Å². The summed E-state index contributed by atoms with van der Waals surface area (Å²) in [5.41, 5.74) is 2.61. The second kappa shape index (κ2) is 11.8. The van der Waals surface area contributed by atoms with Gasteiger partial charge in [0.05, 0.1) is 0 Å². The van der Waals surface area contributed by atoms with Crippen LogP contribution in [0.3, 0.4) is 0 Å². The third-order valence-corrected chi connectivity index (χ3v) is 3.55. The number of nitrogens with zero attached hydrogens (tertiary/aromatic N) is 2. The average molecular weight is 404 g/mol. The SMILES string of the molecule is CCN(CC)CCNC(=NC)NCc1ccccc1C.I. The van der Waals surface area contributed by atoms with Crippen molar-refractivity contribution in [2.24, 2.45) is 4.99 Å². The van der Waals surface area contributed by atoms with Crippen molar-refractivity contribution in [2.45, 2.75) is 27.3 Å². The smallest absolute Gasteiger partial charge is 0.191 e. The van der Waals surface area contributed by atoms with Gasteiger partial charge in [-0.05, 0) is 31.1 Å². The van der Waals surface area contributed by atoms with Gasteiger partial charge < -0.3 is 15.5 Å². The van der Waals surface area contributed by atoms with Crippen molar-refractivity contribution in [2.75, 3.05) is 33.2 Å². The van der Waals surface area contributed by atoms with E-state index in [0.29, 0.717) is 0 Å². The molecule has 1 aromatic rings. The minimum absolute atomic E-state index is 0. The number of hydrogen-bond donors (Lipinski definition) is 2. The standard InChI is InChI=1S/C16H28N4.HI/c1-5-20(6-2)12-11-18-16(17-4)19-13-15-10-8-7-9-14(15)3;/h7-10H,5-6,11-13H2,1-4H3,(H2,17,18,19);1H. The minimum Gasteiger partial charge on any atom is -0.355 e. The summed E-state index contributed by atoms with van der Waals surface area (Å²) in [7, 11) is 1.81. The molecule has 0 saturated heterocycles. The van der Waals surface area contributed by atoms with Gasteiger partial charge in [-0.15, -0.1) is 24.0 Å². The molecule has 21 heavy (non-hydrogen) atoms. The third kappa shape index (κ3) is 7.66. The molecule has 2 N–H and O–H groups in total. The fourth-order valence-electron chi connectivity index (χ4n) is 2.08. The summed E-state index contributed by atoms with van der Waals surface area (Å²) >= 11 is 0. The summed E-state index contributed by atoms with van der Waals surface area (Å²) in [5, 5.41) is 6.71. The van der Waals surface area contributed by atoms with Crippen LogP contribution >= 0.6 is 24.0 Å². The molecule has 0 aliphatic heterocycles. The Hall–Kier alpha value is -0.820. The first-order valence-corrected chi connectivity index (χ1v) is 7.42. The van der Waals surface area contributed by atoms with Crippen molar-refractivity contribution < 1.29 is 0 Å². The molecule has 4 nitrogen and oxygen atoms in total. The zero-order valence-corrected chi connectivity index (χ0v) is 16.0. The van der Waals surface area contributed by atoms with E-state index in [0.717, 1.165) is 38.7 Å². The van der Waals surface area contributed by atoms with E-state index in [1.807, 2.05) is 7.05 Å². The number of nitrogens with one attached hydrogen (secondary N) is 2. The van der Waals surface area contributed by atoms with E-state index in [1.165, 1.54) is 11.1 Å². The van der Waals surface area contributed by atoms with Crippen LogP contribution in [0.15, 0.2) is 29.3 Å². The Morgan fingerprint density at radius 3 is 2.38 bits per heavy atom. The molecule has 120 valence electrons. The lowest BCUT2D eigenvalue weighted by atomic mass is 10.1. The van der Waals surface area contributed by atoms with Crippen molar-refractivity contribution in [3.8, 4) is 0 Å². The molecule has 1 rings (SSSR count). The molecule has 0 fully saturated rings. The number of likely N-dealkylation sites (N-methyl/N-ethyl adjacent to an activating group) is 1. The number of guanidine groups is 1. The lowest BCUT2D eigenvalue weighted by Crippen LogP contribution is -2.41. The fraction of sp³-hybridized carbons (Fsp3) is 0.562. The molecule has 0 aliphatic carbocycles. The Morgan fingerprint density at radius 1 is 1.14 bits per heavy atom. The number of halogens is 1. The topological polar surface area (TPSA) is 39.7 Å². The molecule has 0 unspecified atom stereocenters. The molecule has 0 bridgehead atoms. The second-order valence-corrected chi connectivity index (χ2v) is 4.81. The number of aliphatic imine (C=N–C) groups is 1. The molecule has 0 heterocycles. The maximum Gasteiger partial charge on any atom is 0.191 e. The largest absolute Gasteiger partial charge is 0.355 e. The third-order valence-electron chi connectivity index (χ3n) is 3.55. The lowest BCUT2D eigenvalue weighted by Gasteiger charge is -2.19. The number of rotatable bonds is 7. The highest BCUT2D eigenvalue weighted by Crippen LogP contribution is 2.05. The first-order valence-electron chi connectivity index (χ1n) is 7.42. The summed E-state index contributed by atoms with van der Waals surface area (Å²) in [6, 6.07) is 8.41. The zero-order valence-electron chi connectivity index (χ0n) is 13.6. The molecule has 0 saturated carbocycles. The summed E-state index contributed by atoms with van der Waals surface area (Å²) in [6.45, 7) is 11.4. The van der Waals surface area contributed by atoms with E-state index in [2.05, 4.69) is 65.6 Å². The minimum atomic E-state index is 0. The van der Waals surface area contributed by atoms with Gasteiger partial charge in [-0.3, -0.25) is 4.99 Å². The van der Waals surface area contributed by atoms with E-state index in [-0.39, 0.29) is 24.0 Å². The Morgan fingerprint density at radius 2 is 1.81 bits per heavy atom. The van der Waals surface area contributed by atoms with Gasteiger partial charge in [-0.2, -0.15) is 0 Å². The maximum atomic E-state index is 4.26. The van der Waals surface area contributed by atoms with Gasteiger partial charge in [-0.25, -0.2) is 0 Å². The summed E-state index contributed by atoms with van der Waals surface area (Å²) in [6.07, 6.45) is 0. The van der Waals surface area contributed by atoms with Crippen LogP contribution in [0.1, 0.15) is 25.0 Å². The summed E-state index contributed by atoms with van der Waals surface area (Å²) in [5.74, 6) is 0.861. The van der Waals surface area contributed by atoms with Crippen molar-refractivity contribution in [3.63, 3.8) is 0 Å². The highest BCUT2D eigenvalue weighted by molar-refractivity contribution is 14.0. The first kappa shape index (κ1) is 20.2. The van der Waals surface area contributed by atoms with Gasteiger partial charge in [0, 0.05) is 26.7 Å². The van der Waals surface area contributed by atoms with Gasteiger partial charge >= 0.3 is 0 Å². The Labute approximate surface area is 146 Å². The molecule has 0 spiro atoms. The normalized spacial score (nSPS) is 11.2. The van der Waals surface area contributed by atoms with Crippen molar-refractivity contribution in [3.05, 3.63) is 35.4 Å². The van der Waals surface area contributed by atoms with Gasteiger partial charge in [0.2, 0.25) is 0 Å². The monoisotopic (exact) mass is 404 g/mol. The summed E-state index contributed by atoms with van der Waals surface area (Å²) in [4.78, 5) is 6.65. The van der Waals surface area contributed by atoms with Crippen LogP contribution in [0.25, 0.3) is 0 Å². The van der Waals surface area contributed by atoms with Gasteiger partial charge in [0.25, 0.3) is 0 Å². The van der Waals surface area contributed by atoms with Crippen molar-refractivity contribution in [1.29, 1.82) is 0 Å². The van der Waals surface area contributed by atoms with E-state index in [1.54, 1.807) is 0 Å². The van der Waals surface area contributed by atoms with Crippen LogP contribution in [0.2, 0.25) is 0 Å². The number of benzene rings is 1. The van der Waals surface area contributed by atoms with E-state index >= 15 is 0 Å². The predicted molar refractivity (Wildman–Crippen MR) is 103 cm³/mol. The molecule has 0 aliphatic rings. The van der Waals surface area contributed by atoms with Crippen LogP contribution in [0, 0.1) is 6.92 Å². The van der Waals surface area contributed by atoms with E-state index < -0.39 is 0 Å². The maximum absolute atomic E-state index is 4.26. The highest BCUT2D eigenvalue weighted by atomic mass is 127. The molecule has 0 radical (unpaired) electrons. The Bertz CT molecular complexity index is 416. The van der Waals surface area contributed by atoms with E-state index in [4.69, 9.17) is 0 Å². The van der Waals surface area contributed by atoms with Crippen LogP contribution in [-0.2, 0) is 6.54 Å². The molecular formula is C16H29IN4. The van der Waals surface area contributed by atoms with E-state index in [9.17, 15) is 0 Å². The highest BCUT2D eigenvalue weighted by Gasteiger charge is 2.02. The molecule has 0 amide bonds. The van der Waals surface area contributed by atoms with Crippen LogP contribution < -0.4 is 10.6 Å². The fourth-order valence-corrected chi connectivity index (χ4v) is 2.08. The predicted octanol–water partition coefficient (Wildman–Crippen LogP) is 2.62. The van der Waals surface area contributed by atoms with Gasteiger partial charge in [0.15, 0.2) is 5.96 Å². The quantitative estimate of drug-likeness (QED) is 0.417. The van der Waals surface area contributed by atoms with Crippen LogP contribution in [-0.4, -0.2) is 44.1 Å². The molecule has 0 atom stereocenters. The van der Waals surface area contributed by atoms with Crippen LogP contribution in [0.5, 0.6) is 0 Å². The molecule has 0 aromatic heterocycles. The number of aryl methyl sites for hydroxylation is 1. The van der Waals surface area contributed by atoms with Gasteiger partial charge in [0.1, 0.15) is 0 Å². The molecule has 1 aromatic carbocycles. The number of hydrogen-bond acceptors (Lipinski definition) is 2. The summed E-state index contributed by atoms with van der Waals surface area (Å²) < 4.78 is 0. The second-order valence-electron chi connectivity index (χ2n) is 4.81. The Balaban J connectivity index is 0.00000400. The average Bonchev–Trinajstić information content (AvgIpc) is 2.48. The van der Waals surface area contributed by atoms with Crippen molar-refractivity contribution >= 4 is 29.9 Å². The zero-order chi connectivity index (χ0) is 14.8. The first-order chi connectivity index (χ1) is 9.71. The van der Waals surface area contributed by atoms with Crippen molar-refractivity contribution in [1.82, 2.24) is 15.5 Å². The lowest BCUT2D eigenvalue weighted by molar-refractivity contribution is 0.308. The molecule has 5 heteroatoms.